The topological polar surface area (TPSA) is 85.8 Å². The number of carbonyl (C=O) groups is 2. The molecule has 1 spiro atoms. The first-order chi connectivity index (χ1) is 11.1. The summed E-state index contributed by atoms with van der Waals surface area (Å²) in [5.74, 6) is -0.188. The Morgan fingerprint density at radius 1 is 1.43 bits per heavy atom. The number of amides is 2. The smallest absolute Gasteiger partial charge is 0.274 e. The number of nitrogens with one attached hydrogen (secondary N) is 1. The Bertz CT molecular complexity index is 603. The van der Waals surface area contributed by atoms with E-state index in [1.807, 2.05) is 0 Å². The number of hydrogen-bond acceptors (Lipinski definition) is 6. The number of β-amino-alcohol motifs (C(OH)–C–C–N with tert-alkyl or cyclic N) is 1. The molecule has 3 heterocycles. The first-order valence-electron chi connectivity index (χ1n) is 7.98. The number of carbonyl (C=O) groups excluding carboxylic acids is 2. The van der Waals surface area contributed by atoms with Gasteiger partial charge in [-0.1, -0.05) is 0 Å². The van der Waals surface area contributed by atoms with Crippen LogP contribution >= 0.6 is 11.3 Å². The summed E-state index contributed by atoms with van der Waals surface area (Å²) in [5.41, 5.74) is -0.346. The van der Waals surface area contributed by atoms with Crippen LogP contribution in [0.15, 0.2) is 5.38 Å². The van der Waals surface area contributed by atoms with Crippen LogP contribution in [-0.2, 0) is 4.79 Å². The van der Waals surface area contributed by atoms with Crippen LogP contribution in [0, 0.1) is 0 Å². The lowest BCUT2D eigenvalue weighted by molar-refractivity contribution is -0.146. The largest absolute Gasteiger partial charge is 0.395 e. The number of aliphatic hydroxyl groups is 1. The molecule has 1 aromatic heterocycles. The van der Waals surface area contributed by atoms with Crippen LogP contribution in [0.5, 0.6) is 0 Å². The van der Waals surface area contributed by atoms with Crippen molar-refractivity contribution in [2.75, 3.05) is 38.6 Å². The van der Waals surface area contributed by atoms with Crippen molar-refractivity contribution in [1.82, 2.24) is 14.8 Å². The van der Waals surface area contributed by atoms with Gasteiger partial charge in [0.25, 0.3) is 5.91 Å². The zero-order valence-corrected chi connectivity index (χ0v) is 14.1. The van der Waals surface area contributed by atoms with Gasteiger partial charge in [0.15, 0.2) is 5.13 Å². The van der Waals surface area contributed by atoms with Gasteiger partial charge in [-0.05, 0) is 25.7 Å². The molecule has 0 saturated carbocycles. The molecule has 1 unspecified atom stereocenters. The zero-order valence-electron chi connectivity index (χ0n) is 13.2. The van der Waals surface area contributed by atoms with Gasteiger partial charge in [0.05, 0.1) is 6.61 Å². The number of aromatic nitrogens is 1. The minimum Gasteiger partial charge on any atom is -0.395 e. The third-order valence-corrected chi connectivity index (χ3v) is 5.60. The summed E-state index contributed by atoms with van der Waals surface area (Å²) < 4.78 is 0. The van der Waals surface area contributed by atoms with Crippen molar-refractivity contribution in [2.45, 2.75) is 31.2 Å². The zero-order chi connectivity index (χ0) is 16.4. The number of likely N-dealkylation sites (tertiary alicyclic amines) is 2. The molecule has 2 fully saturated rings. The van der Waals surface area contributed by atoms with Crippen LogP contribution in [-0.4, -0.2) is 70.5 Å². The van der Waals surface area contributed by atoms with Crippen molar-refractivity contribution in [3.63, 3.8) is 0 Å². The van der Waals surface area contributed by atoms with E-state index in [9.17, 15) is 9.59 Å². The first kappa shape index (κ1) is 16.2. The maximum absolute atomic E-state index is 12.9. The van der Waals surface area contributed by atoms with E-state index in [0.717, 1.165) is 12.8 Å². The minimum absolute atomic E-state index is 0.0206. The fourth-order valence-electron chi connectivity index (χ4n) is 3.68. The van der Waals surface area contributed by atoms with Gasteiger partial charge in [-0.2, -0.15) is 0 Å². The lowest BCUT2D eigenvalue weighted by Gasteiger charge is -2.44. The van der Waals surface area contributed by atoms with Gasteiger partial charge in [-0.25, -0.2) is 4.98 Å². The summed E-state index contributed by atoms with van der Waals surface area (Å²) in [5, 5.41) is 14.5. The predicted octanol–water partition coefficient (Wildman–Crippen LogP) is 0.774. The van der Waals surface area contributed by atoms with E-state index in [1.165, 1.54) is 11.3 Å². The van der Waals surface area contributed by atoms with Crippen molar-refractivity contribution < 1.29 is 14.7 Å². The van der Waals surface area contributed by atoms with E-state index in [0.29, 0.717) is 43.3 Å². The molecule has 8 heteroatoms. The summed E-state index contributed by atoms with van der Waals surface area (Å²) in [4.78, 5) is 33.5. The van der Waals surface area contributed by atoms with Crippen LogP contribution in [0.4, 0.5) is 5.13 Å². The summed E-state index contributed by atoms with van der Waals surface area (Å²) in [7, 11) is 1.77. The minimum atomic E-state index is -0.742. The molecule has 3 rings (SSSR count). The second-order valence-corrected chi connectivity index (χ2v) is 6.86. The van der Waals surface area contributed by atoms with Crippen molar-refractivity contribution >= 4 is 28.3 Å². The molecule has 0 aliphatic carbocycles. The van der Waals surface area contributed by atoms with Gasteiger partial charge in [0.2, 0.25) is 5.91 Å². The van der Waals surface area contributed by atoms with Gasteiger partial charge in [-0.15, -0.1) is 11.3 Å². The van der Waals surface area contributed by atoms with Crippen molar-refractivity contribution in [3.8, 4) is 0 Å². The molecule has 0 radical (unpaired) electrons. The molecule has 2 aliphatic heterocycles. The molecule has 23 heavy (non-hydrogen) atoms. The second kappa shape index (κ2) is 6.45. The highest BCUT2D eigenvalue weighted by Gasteiger charge is 2.52. The lowest BCUT2D eigenvalue weighted by atomic mass is 9.85. The molecule has 7 nitrogen and oxygen atoms in total. The highest BCUT2D eigenvalue weighted by atomic mass is 32.1. The van der Waals surface area contributed by atoms with Crippen molar-refractivity contribution in [3.05, 3.63) is 11.1 Å². The van der Waals surface area contributed by atoms with Gasteiger partial charge in [0.1, 0.15) is 11.2 Å². The van der Waals surface area contributed by atoms with E-state index in [1.54, 1.807) is 22.2 Å². The number of anilines is 1. The number of nitrogens with zero attached hydrogens (tertiary/aromatic N) is 3. The summed E-state index contributed by atoms with van der Waals surface area (Å²) in [6.45, 7) is 1.53. The molecular formula is C15H22N4O3S. The number of aliphatic hydroxyl groups excluding tert-OH is 1. The molecule has 2 aliphatic rings. The van der Waals surface area contributed by atoms with Gasteiger partial charge in [-0.3, -0.25) is 9.59 Å². The maximum Gasteiger partial charge on any atom is 0.274 e. The fraction of sp³-hybridized carbons (Fsp3) is 0.667. The average molecular weight is 338 g/mol. The van der Waals surface area contributed by atoms with E-state index >= 15 is 0 Å². The molecule has 2 N–H and O–H groups in total. The second-order valence-electron chi connectivity index (χ2n) is 6.00. The molecule has 2 saturated heterocycles. The Labute approximate surface area is 139 Å². The van der Waals surface area contributed by atoms with Crippen LogP contribution < -0.4 is 5.32 Å². The quantitative estimate of drug-likeness (QED) is 0.847. The van der Waals surface area contributed by atoms with Crippen molar-refractivity contribution in [1.29, 1.82) is 0 Å². The number of piperidine rings is 1. The van der Waals surface area contributed by atoms with Crippen LogP contribution in [0.2, 0.25) is 0 Å². The van der Waals surface area contributed by atoms with E-state index in [-0.39, 0.29) is 18.4 Å². The summed E-state index contributed by atoms with van der Waals surface area (Å²) >= 11 is 1.38. The van der Waals surface area contributed by atoms with Gasteiger partial charge < -0.3 is 20.2 Å². The van der Waals surface area contributed by atoms with Crippen LogP contribution in [0.1, 0.15) is 36.2 Å². The standard InChI is InChI=1S/C15H22N4O3S/c1-16-14-17-11(10-23-14)12(21)19-7-3-5-15(19)4-2-6-18(8-9-20)13(15)22/h10,20H,2-9H2,1H3,(H,16,17). The lowest BCUT2D eigenvalue weighted by Crippen LogP contribution is -2.61. The Hall–Kier alpha value is -1.67. The van der Waals surface area contributed by atoms with Gasteiger partial charge in [0, 0.05) is 32.1 Å². The SMILES string of the molecule is CNc1nc(C(=O)N2CCCC23CCCN(CCO)C3=O)cs1. The normalized spacial score (nSPS) is 24.5. The number of rotatable bonds is 4. The Balaban J connectivity index is 1.86. The molecule has 1 aromatic rings. The Kier molecular flexibility index (Phi) is 4.54. The maximum atomic E-state index is 12.9. The molecular weight excluding hydrogens is 316 g/mol. The van der Waals surface area contributed by atoms with E-state index in [4.69, 9.17) is 5.11 Å². The van der Waals surface area contributed by atoms with Crippen LogP contribution in [0.3, 0.4) is 0 Å². The van der Waals surface area contributed by atoms with E-state index < -0.39 is 5.54 Å². The third kappa shape index (κ3) is 2.70. The Morgan fingerprint density at radius 2 is 2.17 bits per heavy atom. The highest BCUT2D eigenvalue weighted by Crippen LogP contribution is 2.39. The molecule has 2 amide bonds. The van der Waals surface area contributed by atoms with Gasteiger partial charge >= 0.3 is 0 Å². The van der Waals surface area contributed by atoms with Crippen molar-refractivity contribution in [2.24, 2.45) is 0 Å². The molecule has 0 bridgehead atoms. The molecule has 126 valence electrons. The summed E-state index contributed by atoms with van der Waals surface area (Å²) in [6.07, 6.45) is 3.08. The monoisotopic (exact) mass is 338 g/mol. The highest BCUT2D eigenvalue weighted by molar-refractivity contribution is 7.13. The predicted molar refractivity (Wildman–Crippen MR) is 87.6 cm³/mol. The molecule has 1 atom stereocenters. The summed E-state index contributed by atoms with van der Waals surface area (Å²) in [6, 6.07) is 0. The Morgan fingerprint density at radius 3 is 2.83 bits per heavy atom. The third-order valence-electron chi connectivity index (χ3n) is 4.74. The fourth-order valence-corrected chi connectivity index (χ4v) is 4.33. The van der Waals surface area contributed by atoms with E-state index in [2.05, 4.69) is 10.3 Å². The van der Waals surface area contributed by atoms with Crippen LogP contribution in [0.25, 0.3) is 0 Å². The molecule has 0 aromatic carbocycles. The number of thiazole rings is 1. The first-order valence-corrected chi connectivity index (χ1v) is 8.86. The average Bonchev–Trinajstić information content (AvgIpc) is 3.19. The number of hydrogen-bond donors (Lipinski definition) is 2.